The second-order valence-corrected chi connectivity index (χ2v) is 10.2. The van der Waals surface area contributed by atoms with Crippen molar-refractivity contribution in [2.24, 2.45) is 18.9 Å². The number of benzene rings is 2. The van der Waals surface area contributed by atoms with Crippen LogP contribution in [-0.4, -0.2) is 48.2 Å². The minimum Gasteiger partial charge on any atom is -0.481 e. The molecule has 5 aromatic rings. The molecule has 1 N–H and O–H groups in total. The number of aryl methyl sites for hydroxylation is 2. The highest BCUT2D eigenvalue weighted by Gasteiger charge is 2.48. The molecule has 0 amide bonds. The molecular formula is C28H25FN6O2. The summed E-state index contributed by atoms with van der Waals surface area (Å²) in [5.41, 5.74) is 4.42. The van der Waals surface area contributed by atoms with Crippen LogP contribution < -0.4 is 4.90 Å². The molecule has 0 unspecified atom stereocenters. The molecule has 1 aliphatic heterocycles. The van der Waals surface area contributed by atoms with Gasteiger partial charge >= 0.3 is 5.97 Å². The van der Waals surface area contributed by atoms with Crippen molar-refractivity contribution in [3.63, 3.8) is 0 Å². The second kappa shape index (κ2) is 7.86. The van der Waals surface area contributed by atoms with Gasteiger partial charge in [0, 0.05) is 42.2 Å². The molecule has 37 heavy (non-hydrogen) atoms. The summed E-state index contributed by atoms with van der Waals surface area (Å²) in [7, 11) is 1.82. The van der Waals surface area contributed by atoms with Crippen molar-refractivity contribution in [2.75, 3.05) is 11.4 Å². The van der Waals surface area contributed by atoms with Gasteiger partial charge in [0.1, 0.15) is 17.3 Å². The predicted octanol–water partition coefficient (Wildman–Crippen LogP) is 4.72. The van der Waals surface area contributed by atoms with E-state index in [9.17, 15) is 9.90 Å². The van der Waals surface area contributed by atoms with E-state index in [0.29, 0.717) is 28.6 Å². The van der Waals surface area contributed by atoms with Crippen LogP contribution in [-0.2, 0) is 11.8 Å². The number of hydrogen-bond acceptors (Lipinski definition) is 5. The molecule has 1 saturated carbocycles. The van der Waals surface area contributed by atoms with Gasteiger partial charge in [-0.25, -0.2) is 14.1 Å². The molecule has 1 saturated heterocycles. The lowest BCUT2D eigenvalue weighted by Gasteiger charge is -2.30. The Hall–Kier alpha value is -4.27. The maximum atomic E-state index is 15.3. The Balaban J connectivity index is 1.31. The number of carboxylic acids is 1. The van der Waals surface area contributed by atoms with Gasteiger partial charge in [-0.3, -0.25) is 9.48 Å². The van der Waals surface area contributed by atoms with E-state index < -0.39 is 5.97 Å². The number of anilines is 1. The molecule has 2 aromatic carbocycles. The number of aromatic nitrogens is 5. The van der Waals surface area contributed by atoms with Crippen molar-refractivity contribution < 1.29 is 14.3 Å². The summed E-state index contributed by atoms with van der Waals surface area (Å²) < 4.78 is 18.8. The summed E-state index contributed by atoms with van der Waals surface area (Å²) in [6, 6.07) is 13.2. The summed E-state index contributed by atoms with van der Waals surface area (Å²) in [6.07, 6.45) is 5.18. The fourth-order valence-electron chi connectivity index (χ4n) is 6.34. The van der Waals surface area contributed by atoms with Gasteiger partial charge < -0.3 is 10.0 Å². The van der Waals surface area contributed by atoms with E-state index in [2.05, 4.69) is 10.00 Å². The van der Waals surface area contributed by atoms with Crippen molar-refractivity contribution in [3.05, 3.63) is 66.2 Å². The molecule has 3 aromatic heterocycles. The Bertz CT molecular complexity index is 1710. The maximum absolute atomic E-state index is 15.3. The Kier molecular flexibility index (Phi) is 4.67. The zero-order valence-corrected chi connectivity index (χ0v) is 20.5. The molecule has 9 heteroatoms. The van der Waals surface area contributed by atoms with E-state index in [-0.39, 0.29) is 23.7 Å². The number of nitrogens with zero attached hydrogens (tertiary/aromatic N) is 6. The van der Waals surface area contributed by atoms with E-state index in [4.69, 9.17) is 10.1 Å². The molecule has 4 heterocycles. The summed E-state index contributed by atoms with van der Waals surface area (Å²) in [4.78, 5) is 18.5. The first-order valence-corrected chi connectivity index (χ1v) is 12.5. The molecule has 3 atom stereocenters. The maximum Gasteiger partial charge on any atom is 0.306 e. The normalized spacial score (nSPS) is 20.9. The number of rotatable bonds is 4. The number of piperidine rings is 1. The number of carboxylic acid groups (broad SMARTS) is 1. The highest BCUT2D eigenvalue weighted by Crippen LogP contribution is 2.44. The van der Waals surface area contributed by atoms with Crippen LogP contribution in [0.25, 0.3) is 38.8 Å². The fourth-order valence-corrected chi connectivity index (χ4v) is 6.34. The topological polar surface area (TPSA) is 89.1 Å². The van der Waals surface area contributed by atoms with Crippen molar-refractivity contribution in [1.29, 1.82) is 0 Å². The second-order valence-electron chi connectivity index (χ2n) is 10.2. The molecule has 2 aliphatic rings. The molecule has 2 fully saturated rings. The predicted molar refractivity (Wildman–Crippen MR) is 138 cm³/mol. The summed E-state index contributed by atoms with van der Waals surface area (Å²) in [5.74, 6) is -0.257. The quantitative estimate of drug-likeness (QED) is 0.387. The number of hydrogen-bond donors (Lipinski definition) is 1. The molecule has 1 aliphatic carbocycles. The number of halogens is 1. The van der Waals surface area contributed by atoms with Gasteiger partial charge in [0.25, 0.3) is 0 Å². The summed E-state index contributed by atoms with van der Waals surface area (Å²) >= 11 is 0. The van der Waals surface area contributed by atoms with Crippen LogP contribution in [0.1, 0.15) is 18.4 Å². The van der Waals surface area contributed by atoms with Gasteiger partial charge in [0.2, 0.25) is 0 Å². The number of pyridine rings is 1. The lowest BCUT2D eigenvalue weighted by molar-refractivity contribution is -0.143. The average Bonchev–Trinajstić information content (AvgIpc) is 3.66. The first-order valence-electron chi connectivity index (χ1n) is 12.5. The Labute approximate surface area is 211 Å². The first kappa shape index (κ1) is 22.0. The van der Waals surface area contributed by atoms with Crippen LogP contribution in [0.5, 0.6) is 0 Å². The summed E-state index contributed by atoms with van der Waals surface area (Å²) in [5, 5.41) is 20.4. The van der Waals surface area contributed by atoms with Gasteiger partial charge in [-0.1, -0.05) is 18.2 Å². The van der Waals surface area contributed by atoms with Gasteiger partial charge in [0.05, 0.1) is 28.8 Å². The molecule has 186 valence electrons. The van der Waals surface area contributed by atoms with Crippen molar-refractivity contribution in [2.45, 2.75) is 25.8 Å². The number of carbonyl (C=O) groups is 1. The smallest absolute Gasteiger partial charge is 0.306 e. The van der Waals surface area contributed by atoms with Crippen LogP contribution in [0.4, 0.5) is 10.2 Å². The fraction of sp³-hybridized carbons (Fsp3) is 0.286. The molecule has 8 nitrogen and oxygen atoms in total. The third-order valence-corrected chi connectivity index (χ3v) is 8.02. The molecule has 0 spiro atoms. The van der Waals surface area contributed by atoms with E-state index >= 15 is 4.39 Å². The largest absolute Gasteiger partial charge is 0.481 e. The average molecular weight is 497 g/mol. The van der Waals surface area contributed by atoms with Crippen molar-refractivity contribution >= 4 is 33.6 Å². The first-order chi connectivity index (χ1) is 17.9. The standard InChI is InChI=1S/C28H25FN6O2/c1-15-4-3-5-19-26(25-21-14-33(2)31-23(21)8-7-22(25)29)32-35(27(15)19)17-6-9-24(30-12-17)34-13-16-10-18(34)11-20(16)28(36)37/h3-9,12,14,16,18,20H,10-11,13H2,1-2H3,(H,36,37)/t16-,18-,20+/m0/s1. The third kappa shape index (κ3) is 3.26. The summed E-state index contributed by atoms with van der Waals surface area (Å²) in [6.45, 7) is 2.74. The van der Waals surface area contributed by atoms with Crippen LogP contribution in [0.15, 0.2) is 54.9 Å². The monoisotopic (exact) mass is 496 g/mol. The van der Waals surface area contributed by atoms with Crippen molar-refractivity contribution in [3.8, 4) is 16.9 Å². The van der Waals surface area contributed by atoms with Gasteiger partial charge in [-0.15, -0.1) is 0 Å². The van der Waals surface area contributed by atoms with Crippen LogP contribution in [0, 0.1) is 24.6 Å². The Morgan fingerprint density at radius 1 is 1.08 bits per heavy atom. The van der Waals surface area contributed by atoms with E-state index in [0.717, 1.165) is 40.9 Å². The zero-order chi connectivity index (χ0) is 25.4. The van der Waals surface area contributed by atoms with Crippen LogP contribution >= 0.6 is 0 Å². The highest BCUT2D eigenvalue weighted by molar-refractivity contribution is 6.03. The van der Waals surface area contributed by atoms with Gasteiger partial charge in [-0.05, 0) is 55.5 Å². The number of fused-ring (bicyclic) bond motifs is 4. The Morgan fingerprint density at radius 3 is 2.68 bits per heavy atom. The van der Waals surface area contributed by atoms with Gasteiger partial charge in [0.15, 0.2) is 0 Å². The van der Waals surface area contributed by atoms with Crippen LogP contribution in [0.2, 0.25) is 0 Å². The lowest BCUT2D eigenvalue weighted by atomic mass is 9.95. The molecular weight excluding hydrogens is 471 g/mol. The third-order valence-electron chi connectivity index (χ3n) is 8.02. The minimum absolute atomic E-state index is 0.175. The highest BCUT2D eigenvalue weighted by atomic mass is 19.1. The number of aliphatic carboxylic acids is 1. The Morgan fingerprint density at radius 2 is 1.95 bits per heavy atom. The zero-order valence-electron chi connectivity index (χ0n) is 20.5. The minimum atomic E-state index is -0.689. The number of para-hydroxylation sites is 1. The van der Waals surface area contributed by atoms with E-state index in [1.807, 2.05) is 55.2 Å². The van der Waals surface area contributed by atoms with Gasteiger partial charge in [-0.2, -0.15) is 10.2 Å². The molecule has 7 rings (SSSR count). The molecule has 2 bridgehead atoms. The van der Waals surface area contributed by atoms with E-state index in [1.165, 1.54) is 6.07 Å². The van der Waals surface area contributed by atoms with Crippen molar-refractivity contribution in [1.82, 2.24) is 24.5 Å². The van der Waals surface area contributed by atoms with Crippen LogP contribution in [0.3, 0.4) is 0 Å². The van der Waals surface area contributed by atoms with E-state index in [1.54, 1.807) is 16.9 Å². The SMILES string of the molecule is Cc1cccc2c(-c3c(F)ccc4nn(C)cc34)nn(-c3ccc(N4C[C@@H]5C[C@H]4C[C@H]5C(=O)O)nc3)c12. The molecule has 0 radical (unpaired) electrons. The lowest BCUT2D eigenvalue weighted by Crippen LogP contribution is -2.38.